The van der Waals surface area contributed by atoms with Crippen LogP contribution < -0.4 is 10.0 Å². The minimum atomic E-state index is -3.60. The lowest BCUT2D eigenvalue weighted by Gasteiger charge is -2.12. The predicted molar refractivity (Wildman–Crippen MR) is 93.3 cm³/mol. The van der Waals surface area contributed by atoms with Gasteiger partial charge in [0.25, 0.3) is 0 Å². The Kier molecular flexibility index (Phi) is 4.28. The number of rotatable bonds is 5. The van der Waals surface area contributed by atoms with Crippen LogP contribution in [-0.4, -0.2) is 42.0 Å². The predicted octanol–water partition coefficient (Wildman–Crippen LogP) is 1.99. The van der Waals surface area contributed by atoms with Gasteiger partial charge in [-0.1, -0.05) is 18.2 Å². The lowest BCUT2D eigenvalue weighted by atomic mass is 10.2. The number of anilines is 3. The van der Waals surface area contributed by atoms with Gasteiger partial charge in [-0.05, 0) is 24.3 Å². The van der Waals surface area contributed by atoms with Crippen molar-refractivity contribution in [3.05, 3.63) is 48.7 Å². The third-order valence-corrected chi connectivity index (χ3v) is 4.70. The third-order valence-electron chi connectivity index (χ3n) is 3.27. The smallest absolute Gasteiger partial charge is 0.302 e. The van der Waals surface area contributed by atoms with Crippen molar-refractivity contribution in [2.24, 2.45) is 0 Å². The van der Waals surface area contributed by atoms with Crippen LogP contribution in [0.2, 0.25) is 0 Å². The standard InChI is InChI=1S/C15H16N6O2S/c1-21(2)24(22,23)20-14-9-8-13(18-19-14)17-12-7-3-5-11-6-4-10-16-15(11)12/h3-10H,1-2H3,(H,17,18)(H,19,20). The molecule has 2 N–H and O–H groups in total. The number of hydrogen-bond donors (Lipinski definition) is 2. The number of para-hydroxylation sites is 1. The van der Waals surface area contributed by atoms with Gasteiger partial charge in [-0.15, -0.1) is 10.2 Å². The van der Waals surface area contributed by atoms with Crippen LogP contribution in [0.25, 0.3) is 10.9 Å². The fourth-order valence-corrected chi connectivity index (χ4v) is 2.58. The Bertz CT molecular complexity index is 952. The number of benzene rings is 1. The molecule has 0 aliphatic rings. The molecule has 0 spiro atoms. The van der Waals surface area contributed by atoms with Crippen LogP contribution in [0.1, 0.15) is 0 Å². The van der Waals surface area contributed by atoms with E-state index in [1.807, 2.05) is 30.3 Å². The van der Waals surface area contributed by atoms with E-state index in [4.69, 9.17) is 0 Å². The zero-order valence-electron chi connectivity index (χ0n) is 13.1. The Morgan fingerprint density at radius 3 is 2.38 bits per heavy atom. The second-order valence-corrected chi connectivity index (χ2v) is 7.08. The Balaban J connectivity index is 1.81. The average molecular weight is 344 g/mol. The first-order valence-corrected chi connectivity index (χ1v) is 8.54. The molecule has 1 aromatic carbocycles. The van der Waals surface area contributed by atoms with Gasteiger partial charge in [-0.2, -0.15) is 12.7 Å². The molecule has 2 aromatic heterocycles. The molecular weight excluding hydrogens is 328 g/mol. The summed E-state index contributed by atoms with van der Waals surface area (Å²) >= 11 is 0. The Labute approximate surface area is 139 Å². The molecule has 0 fully saturated rings. The maximum Gasteiger partial charge on any atom is 0.302 e. The van der Waals surface area contributed by atoms with Crippen molar-refractivity contribution in [3.8, 4) is 0 Å². The van der Waals surface area contributed by atoms with E-state index in [-0.39, 0.29) is 5.82 Å². The lowest BCUT2D eigenvalue weighted by Crippen LogP contribution is -2.29. The third kappa shape index (κ3) is 3.42. The molecule has 0 bridgehead atoms. The van der Waals surface area contributed by atoms with Gasteiger partial charge in [0.1, 0.15) is 0 Å². The molecule has 9 heteroatoms. The van der Waals surface area contributed by atoms with Crippen LogP contribution in [-0.2, 0) is 10.2 Å². The van der Waals surface area contributed by atoms with E-state index in [0.717, 1.165) is 20.9 Å². The summed E-state index contributed by atoms with van der Waals surface area (Å²) in [6, 6.07) is 12.8. The highest BCUT2D eigenvalue weighted by Crippen LogP contribution is 2.23. The molecule has 0 saturated heterocycles. The summed E-state index contributed by atoms with van der Waals surface area (Å²) in [6.07, 6.45) is 1.72. The molecule has 3 rings (SSSR count). The van der Waals surface area contributed by atoms with Crippen LogP contribution in [0.5, 0.6) is 0 Å². The minimum absolute atomic E-state index is 0.144. The quantitative estimate of drug-likeness (QED) is 0.734. The van der Waals surface area contributed by atoms with E-state index >= 15 is 0 Å². The van der Waals surface area contributed by atoms with Gasteiger partial charge in [0.2, 0.25) is 0 Å². The van der Waals surface area contributed by atoms with Gasteiger partial charge < -0.3 is 5.32 Å². The van der Waals surface area contributed by atoms with E-state index < -0.39 is 10.2 Å². The molecule has 0 atom stereocenters. The SMILES string of the molecule is CN(C)S(=O)(=O)Nc1ccc(Nc2cccc3cccnc23)nn1. The normalized spacial score (nSPS) is 11.6. The zero-order valence-corrected chi connectivity index (χ0v) is 13.9. The summed E-state index contributed by atoms with van der Waals surface area (Å²) in [7, 11) is -0.742. The van der Waals surface area contributed by atoms with Gasteiger partial charge in [0, 0.05) is 25.7 Å². The Morgan fingerprint density at radius 1 is 0.958 bits per heavy atom. The van der Waals surface area contributed by atoms with Gasteiger partial charge in [0.15, 0.2) is 11.6 Å². The zero-order chi connectivity index (χ0) is 17.2. The van der Waals surface area contributed by atoms with Gasteiger partial charge >= 0.3 is 10.2 Å². The van der Waals surface area contributed by atoms with Crippen molar-refractivity contribution in [2.75, 3.05) is 24.1 Å². The van der Waals surface area contributed by atoms with E-state index in [1.165, 1.54) is 20.2 Å². The molecular formula is C15H16N6O2S. The highest BCUT2D eigenvalue weighted by atomic mass is 32.2. The fraction of sp³-hybridized carbons (Fsp3) is 0.133. The van der Waals surface area contributed by atoms with Crippen molar-refractivity contribution >= 4 is 38.4 Å². The van der Waals surface area contributed by atoms with Crippen LogP contribution in [0.3, 0.4) is 0 Å². The topological polar surface area (TPSA) is 100 Å². The van der Waals surface area contributed by atoms with Gasteiger partial charge in [0.05, 0.1) is 11.2 Å². The molecule has 24 heavy (non-hydrogen) atoms. The molecule has 2 heterocycles. The summed E-state index contributed by atoms with van der Waals surface area (Å²) in [5.41, 5.74) is 1.61. The fourth-order valence-electron chi connectivity index (χ4n) is 2.02. The first kappa shape index (κ1) is 16.1. The van der Waals surface area contributed by atoms with Crippen LogP contribution in [0.15, 0.2) is 48.7 Å². The monoisotopic (exact) mass is 344 g/mol. The summed E-state index contributed by atoms with van der Waals surface area (Å²) in [5.74, 6) is 0.631. The highest BCUT2D eigenvalue weighted by Gasteiger charge is 2.14. The lowest BCUT2D eigenvalue weighted by molar-refractivity contribution is 0.526. The molecule has 0 amide bonds. The summed E-state index contributed by atoms with van der Waals surface area (Å²) in [4.78, 5) is 4.35. The maximum atomic E-state index is 11.7. The molecule has 124 valence electrons. The van der Waals surface area contributed by atoms with Crippen molar-refractivity contribution in [2.45, 2.75) is 0 Å². The second-order valence-electron chi connectivity index (χ2n) is 5.20. The number of pyridine rings is 1. The molecule has 0 aliphatic heterocycles. The highest BCUT2D eigenvalue weighted by molar-refractivity contribution is 7.90. The van der Waals surface area contributed by atoms with Crippen molar-refractivity contribution in [1.82, 2.24) is 19.5 Å². The van der Waals surface area contributed by atoms with Crippen molar-refractivity contribution < 1.29 is 8.42 Å². The summed E-state index contributed by atoms with van der Waals surface area (Å²) in [5, 5.41) is 12.0. The molecule has 0 unspecified atom stereocenters. The van der Waals surface area contributed by atoms with Crippen LogP contribution in [0, 0.1) is 0 Å². The minimum Gasteiger partial charge on any atom is -0.337 e. The van der Waals surface area contributed by atoms with E-state index in [0.29, 0.717) is 5.82 Å². The first-order chi connectivity index (χ1) is 11.5. The summed E-state index contributed by atoms with van der Waals surface area (Å²) < 4.78 is 26.9. The summed E-state index contributed by atoms with van der Waals surface area (Å²) in [6.45, 7) is 0. The van der Waals surface area contributed by atoms with Gasteiger partial charge in [-0.25, -0.2) is 0 Å². The first-order valence-electron chi connectivity index (χ1n) is 7.10. The number of hydrogen-bond acceptors (Lipinski definition) is 6. The maximum absolute atomic E-state index is 11.7. The largest absolute Gasteiger partial charge is 0.337 e. The molecule has 8 nitrogen and oxygen atoms in total. The van der Waals surface area contributed by atoms with Crippen molar-refractivity contribution in [3.63, 3.8) is 0 Å². The Morgan fingerprint density at radius 2 is 1.67 bits per heavy atom. The second kappa shape index (κ2) is 6.38. The number of aromatic nitrogens is 3. The van der Waals surface area contributed by atoms with Gasteiger partial charge in [-0.3, -0.25) is 9.71 Å². The molecule has 0 radical (unpaired) electrons. The number of nitrogens with zero attached hydrogens (tertiary/aromatic N) is 4. The van der Waals surface area contributed by atoms with E-state index in [1.54, 1.807) is 12.3 Å². The van der Waals surface area contributed by atoms with Crippen LogP contribution in [0.4, 0.5) is 17.3 Å². The van der Waals surface area contributed by atoms with Crippen molar-refractivity contribution in [1.29, 1.82) is 0 Å². The number of nitrogens with one attached hydrogen (secondary N) is 2. The molecule has 0 saturated carbocycles. The van der Waals surface area contributed by atoms with Crippen LogP contribution >= 0.6 is 0 Å². The van der Waals surface area contributed by atoms with E-state index in [2.05, 4.69) is 25.2 Å². The average Bonchev–Trinajstić information content (AvgIpc) is 2.56. The van der Waals surface area contributed by atoms with E-state index in [9.17, 15) is 8.42 Å². The number of fused-ring (bicyclic) bond motifs is 1. The Hall–Kier alpha value is -2.78. The molecule has 0 aliphatic carbocycles. The molecule has 3 aromatic rings.